The maximum Gasteiger partial charge on any atom is 0.244 e. The Bertz CT molecular complexity index is 1100. The van der Waals surface area contributed by atoms with E-state index in [-0.39, 0.29) is 34.2 Å². The summed E-state index contributed by atoms with van der Waals surface area (Å²) in [6.07, 6.45) is 1.32. The van der Waals surface area contributed by atoms with Gasteiger partial charge in [-0.1, -0.05) is 53.9 Å². The van der Waals surface area contributed by atoms with E-state index in [1.54, 1.807) is 31.2 Å². The van der Waals surface area contributed by atoms with Crippen molar-refractivity contribution in [1.82, 2.24) is 10.2 Å². The predicted molar refractivity (Wildman–Crippen MR) is 138 cm³/mol. The first-order valence-corrected chi connectivity index (χ1v) is 13.6. The number of anilines is 1. The number of carbonyl (C=O) groups is 2. The van der Waals surface area contributed by atoms with Gasteiger partial charge in [-0.05, 0) is 56.2 Å². The third kappa shape index (κ3) is 8.05. The van der Waals surface area contributed by atoms with Gasteiger partial charge in [0.25, 0.3) is 0 Å². The van der Waals surface area contributed by atoms with Crippen LogP contribution in [0.2, 0.25) is 15.1 Å². The summed E-state index contributed by atoms with van der Waals surface area (Å²) in [5.41, 5.74) is 0.893. The molecule has 2 aromatic carbocycles. The van der Waals surface area contributed by atoms with E-state index in [0.29, 0.717) is 11.4 Å². The van der Waals surface area contributed by atoms with Crippen LogP contribution in [0.25, 0.3) is 0 Å². The van der Waals surface area contributed by atoms with Crippen LogP contribution in [0.4, 0.5) is 5.69 Å². The summed E-state index contributed by atoms with van der Waals surface area (Å²) in [4.78, 5) is 27.9. The number of hydrogen-bond donors (Lipinski definition) is 1. The molecule has 0 aromatic heterocycles. The zero-order valence-corrected chi connectivity index (χ0v) is 22.5. The van der Waals surface area contributed by atoms with Crippen LogP contribution < -0.4 is 9.62 Å². The number of rotatable bonds is 10. The highest BCUT2D eigenvalue weighted by Crippen LogP contribution is 2.27. The van der Waals surface area contributed by atoms with E-state index in [1.807, 2.05) is 13.8 Å². The van der Waals surface area contributed by atoms with Crippen LogP contribution >= 0.6 is 34.8 Å². The Hall–Kier alpha value is -2.00. The molecule has 2 amide bonds. The van der Waals surface area contributed by atoms with Gasteiger partial charge in [0.05, 0.1) is 11.9 Å². The van der Waals surface area contributed by atoms with Gasteiger partial charge in [0.15, 0.2) is 0 Å². The Morgan fingerprint density at radius 2 is 1.53 bits per heavy atom. The molecule has 34 heavy (non-hydrogen) atoms. The van der Waals surface area contributed by atoms with Crippen LogP contribution in [-0.2, 0) is 26.2 Å². The Morgan fingerprint density at radius 1 is 0.971 bits per heavy atom. The van der Waals surface area contributed by atoms with Gasteiger partial charge in [-0.25, -0.2) is 8.42 Å². The molecule has 0 saturated heterocycles. The molecule has 0 bridgehead atoms. The maximum atomic E-state index is 13.6. The van der Waals surface area contributed by atoms with Crippen LogP contribution in [0.15, 0.2) is 42.5 Å². The molecule has 11 heteroatoms. The zero-order valence-electron chi connectivity index (χ0n) is 19.4. The minimum atomic E-state index is -3.88. The summed E-state index contributed by atoms with van der Waals surface area (Å²) >= 11 is 18.1. The average Bonchev–Trinajstić information content (AvgIpc) is 2.71. The zero-order chi connectivity index (χ0) is 25.6. The topological polar surface area (TPSA) is 86.8 Å². The molecule has 186 valence electrons. The van der Waals surface area contributed by atoms with Crippen molar-refractivity contribution in [2.24, 2.45) is 0 Å². The van der Waals surface area contributed by atoms with E-state index in [4.69, 9.17) is 34.8 Å². The lowest BCUT2D eigenvalue weighted by Crippen LogP contribution is -2.53. The number of amides is 2. The molecule has 0 unspecified atom stereocenters. The van der Waals surface area contributed by atoms with E-state index < -0.39 is 28.5 Å². The molecule has 0 heterocycles. The van der Waals surface area contributed by atoms with Crippen molar-refractivity contribution < 1.29 is 18.0 Å². The second-order valence-electron chi connectivity index (χ2n) is 8.13. The Kier molecular flexibility index (Phi) is 10.1. The maximum absolute atomic E-state index is 13.6. The molecule has 0 aliphatic heterocycles. The monoisotopic (exact) mass is 547 g/mol. The molecule has 0 spiro atoms. The van der Waals surface area contributed by atoms with Gasteiger partial charge in [-0.2, -0.15) is 0 Å². The molecule has 2 aromatic rings. The number of halogens is 3. The van der Waals surface area contributed by atoms with Crippen molar-refractivity contribution in [1.29, 1.82) is 0 Å². The van der Waals surface area contributed by atoms with Crippen molar-refractivity contribution in [3.05, 3.63) is 63.1 Å². The minimum Gasteiger partial charge on any atom is -0.352 e. The number of benzene rings is 2. The normalized spacial score (nSPS) is 12.4. The molecule has 0 radical (unpaired) electrons. The predicted octanol–water partition coefficient (Wildman–Crippen LogP) is 4.74. The molecule has 2 rings (SSSR count). The Labute approximate surface area is 216 Å². The molecule has 1 N–H and O–H groups in total. The fourth-order valence-electron chi connectivity index (χ4n) is 3.38. The lowest BCUT2D eigenvalue weighted by Gasteiger charge is -2.33. The van der Waals surface area contributed by atoms with Crippen LogP contribution in [0, 0.1) is 0 Å². The Balaban J connectivity index is 2.46. The van der Waals surface area contributed by atoms with Crippen LogP contribution in [0.3, 0.4) is 0 Å². The van der Waals surface area contributed by atoms with Gasteiger partial charge in [0.1, 0.15) is 12.6 Å². The van der Waals surface area contributed by atoms with Crippen molar-refractivity contribution in [3.63, 3.8) is 0 Å². The Morgan fingerprint density at radius 3 is 2.00 bits per heavy atom. The van der Waals surface area contributed by atoms with Gasteiger partial charge >= 0.3 is 0 Å². The molecular weight excluding hydrogens is 521 g/mol. The number of nitrogens with zero attached hydrogens (tertiary/aromatic N) is 2. The van der Waals surface area contributed by atoms with Crippen LogP contribution in [-0.4, -0.2) is 50.0 Å². The van der Waals surface area contributed by atoms with Crippen molar-refractivity contribution in [2.75, 3.05) is 17.1 Å². The molecule has 7 nitrogen and oxygen atoms in total. The third-order valence-corrected chi connectivity index (χ3v) is 6.73. The van der Waals surface area contributed by atoms with Crippen molar-refractivity contribution in [2.45, 2.75) is 45.8 Å². The van der Waals surface area contributed by atoms with Gasteiger partial charge in [-0.3, -0.25) is 13.9 Å². The average molecular weight is 549 g/mol. The summed E-state index contributed by atoms with van der Waals surface area (Å²) in [6, 6.07) is 10.2. The summed E-state index contributed by atoms with van der Waals surface area (Å²) in [5, 5.41) is 3.82. The second-order valence-corrected chi connectivity index (χ2v) is 11.3. The van der Waals surface area contributed by atoms with Gasteiger partial charge in [0, 0.05) is 27.7 Å². The van der Waals surface area contributed by atoms with E-state index in [0.717, 1.165) is 16.1 Å². The van der Waals surface area contributed by atoms with Gasteiger partial charge in [0.2, 0.25) is 21.8 Å². The van der Waals surface area contributed by atoms with Crippen molar-refractivity contribution in [3.8, 4) is 0 Å². The number of nitrogens with one attached hydrogen (secondary N) is 1. The summed E-state index contributed by atoms with van der Waals surface area (Å²) < 4.78 is 26.1. The van der Waals surface area contributed by atoms with Gasteiger partial charge < -0.3 is 10.2 Å². The quantitative estimate of drug-likeness (QED) is 0.464. The third-order valence-electron chi connectivity index (χ3n) is 4.90. The van der Waals surface area contributed by atoms with E-state index in [2.05, 4.69) is 5.32 Å². The first kappa shape index (κ1) is 28.2. The summed E-state index contributed by atoms with van der Waals surface area (Å²) in [6.45, 7) is 4.99. The second kappa shape index (κ2) is 12.1. The highest BCUT2D eigenvalue weighted by molar-refractivity contribution is 7.92. The van der Waals surface area contributed by atoms with Crippen LogP contribution in [0.5, 0.6) is 0 Å². The highest BCUT2D eigenvalue weighted by atomic mass is 35.5. The van der Waals surface area contributed by atoms with E-state index >= 15 is 0 Å². The number of carbonyl (C=O) groups excluding carboxylic acids is 2. The minimum absolute atomic E-state index is 0.0912. The first-order valence-electron chi connectivity index (χ1n) is 10.6. The largest absolute Gasteiger partial charge is 0.352 e. The summed E-state index contributed by atoms with van der Waals surface area (Å²) in [7, 11) is -3.88. The highest BCUT2D eigenvalue weighted by Gasteiger charge is 2.32. The van der Waals surface area contributed by atoms with Crippen LogP contribution in [0.1, 0.15) is 32.8 Å². The van der Waals surface area contributed by atoms with Crippen molar-refractivity contribution >= 4 is 62.3 Å². The molecule has 1 atom stereocenters. The number of hydrogen-bond acceptors (Lipinski definition) is 4. The molecule has 0 saturated carbocycles. The molecule has 0 fully saturated rings. The fourth-order valence-corrected chi connectivity index (χ4v) is 4.86. The summed E-state index contributed by atoms with van der Waals surface area (Å²) in [5.74, 6) is -0.876. The lowest BCUT2D eigenvalue weighted by molar-refractivity contribution is -0.140. The molecule has 0 aliphatic rings. The smallest absolute Gasteiger partial charge is 0.244 e. The lowest BCUT2D eigenvalue weighted by atomic mass is 10.1. The molecule has 0 aliphatic carbocycles. The first-order chi connectivity index (χ1) is 15.8. The number of sulfonamides is 1. The van der Waals surface area contributed by atoms with Gasteiger partial charge in [-0.15, -0.1) is 0 Å². The van der Waals surface area contributed by atoms with E-state index in [9.17, 15) is 18.0 Å². The molecular formula is C23H28Cl3N3O4S. The SMILES string of the molecule is CC[C@@H](C(=O)NC(C)C)N(Cc1ccc(Cl)cc1)C(=O)CN(c1cc(Cl)cc(Cl)c1)S(C)(=O)=O. The van der Waals surface area contributed by atoms with E-state index in [1.165, 1.54) is 23.1 Å². The standard InChI is InChI=1S/C23H28Cl3N3O4S/c1-5-21(23(31)27-15(2)3)28(13-16-6-8-17(24)9-7-16)22(30)14-29(34(4,32)33)20-11-18(25)10-19(26)12-20/h6-12,15,21H,5,13-14H2,1-4H3,(H,27,31)/t21-/m0/s1. The fraction of sp³-hybridized carbons (Fsp3) is 0.391.